The second-order valence-corrected chi connectivity index (χ2v) is 9.57. The highest BCUT2D eigenvalue weighted by Gasteiger charge is 2.32. The first kappa shape index (κ1) is 23.5. The number of hydrogen-bond acceptors (Lipinski definition) is 6. The first-order valence-corrected chi connectivity index (χ1v) is 11.7. The zero-order valence-corrected chi connectivity index (χ0v) is 19.3. The number of pyridine rings is 1. The van der Waals surface area contributed by atoms with Crippen molar-refractivity contribution >= 4 is 45.1 Å². The van der Waals surface area contributed by atoms with Gasteiger partial charge in [-0.15, -0.1) is 0 Å². The van der Waals surface area contributed by atoms with E-state index in [2.05, 4.69) is 4.98 Å². The van der Waals surface area contributed by atoms with E-state index in [1.807, 2.05) is 0 Å². The summed E-state index contributed by atoms with van der Waals surface area (Å²) in [6.07, 6.45) is 0. The van der Waals surface area contributed by atoms with Crippen LogP contribution in [0.5, 0.6) is 0 Å². The fourth-order valence-electron chi connectivity index (χ4n) is 3.21. The van der Waals surface area contributed by atoms with Gasteiger partial charge in [-0.2, -0.15) is 4.31 Å². The van der Waals surface area contributed by atoms with Crippen LogP contribution >= 0.6 is 23.2 Å². The van der Waals surface area contributed by atoms with Crippen molar-refractivity contribution in [1.82, 2.24) is 14.2 Å². The Morgan fingerprint density at radius 3 is 2.39 bits per heavy atom. The van der Waals surface area contributed by atoms with Gasteiger partial charge in [0.2, 0.25) is 10.0 Å². The number of benzene rings is 1. The van der Waals surface area contributed by atoms with Crippen LogP contribution in [0.4, 0.5) is 0 Å². The van der Waals surface area contributed by atoms with Gasteiger partial charge in [0.25, 0.3) is 5.91 Å². The zero-order valence-electron chi connectivity index (χ0n) is 17.0. The Labute approximate surface area is 190 Å². The summed E-state index contributed by atoms with van der Waals surface area (Å²) in [5.41, 5.74) is 0.869. The molecule has 0 spiro atoms. The van der Waals surface area contributed by atoms with Gasteiger partial charge in [-0.25, -0.2) is 18.2 Å². The minimum Gasteiger partial charge on any atom is -0.462 e. The van der Waals surface area contributed by atoms with Crippen LogP contribution in [0.15, 0.2) is 35.2 Å². The molecule has 1 amide bonds. The SMILES string of the molecule is CCOC(=O)c1ccc(C(=O)N2CCN(S(=O)(=O)c3cc(Cl)ccc3Cl)CC2)nc1C. The fourth-order valence-corrected chi connectivity index (χ4v) is 5.37. The molecule has 11 heteroatoms. The number of sulfonamides is 1. The maximum Gasteiger partial charge on any atom is 0.339 e. The van der Waals surface area contributed by atoms with Gasteiger partial charge in [-0.3, -0.25) is 4.79 Å². The highest BCUT2D eigenvalue weighted by atomic mass is 35.5. The van der Waals surface area contributed by atoms with E-state index in [4.69, 9.17) is 27.9 Å². The van der Waals surface area contributed by atoms with Crippen molar-refractivity contribution in [3.8, 4) is 0 Å². The standard InChI is InChI=1S/C20H21Cl2N3O5S/c1-3-30-20(27)15-5-7-17(23-13(15)2)19(26)24-8-10-25(11-9-24)31(28,29)18-12-14(21)4-6-16(18)22/h4-7,12H,3,8-11H2,1-2H3. The van der Waals surface area contributed by atoms with Crippen LogP contribution in [0.25, 0.3) is 0 Å². The number of carbonyl (C=O) groups excluding carboxylic acids is 2. The van der Waals surface area contributed by atoms with Crippen molar-refractivity contribution in [2.24, 2.45) is 0 Å². The molecule has 1 fully saturated rings. The molecule has 166 valence electrons. The number of halogens is 2. The molecule has 2 aromatic rings. The second kappa shape index (κ2) is 9.52. The minimum absolute atomic E-state index is 0.0618. The van der Waals surface area contributed by atoms with E-state index in [9.17, 15) is 18.0 Å². The average Bonchev–Trinajstić information content (AvgIpc) is 2.75. The first-order chi connectivity index (χ1) is 14.6. The lowest BCUT2D eigenvalue weighted by atomic mass is 10.1. The van der Waals surface area contributed by atoms with E-state index >= 15 is 0 Å². The van der Waals surface area contributed by atoms with Gasteiger partial charge in [-0.05, 0) is 44.2 Å². The van der Waals surface area contributed by atoms with Gasteiger partial charge in [0.1, 0.15) is 10.6 Å². The van der Waals surface area contributed by atoms with Crippen LogP contribution < -0.4 is 0 Å². The number of piperazine rings is 1. The summed E-state index contributed by atoms with van der Waals surface area (Å²) in [6, 6.07) is 7.24. The molecule has 8 nitrogen and oxygen atoms in total. The topological polar surface area (TPSA) is 96.9 Å². The Morgan fingerprint density at radius 2 is 1.77 bits per heavy atom. The quantitative estimate of drug-likeness (QED) is 0.603. The van der Waals surface area contributed by atoms with E-state index < -0.39 is 16.0 Å². The first-order valence-electron chi connectivity index (χ1n) is 9.54. The Kier molecular flexibility index (Phi) is 7.20. The molecule has 0 bridgehead atoms. The van der Waals surface area contributed by atoms with Gasteiger partial charge in [0.05, 0.1) is 22.9 Å². The number of amides is 1. The van der Waals surface area contributed by atoms with E-state index in [1.54, 1.807) is 13.8 Å². The molecule has 0 unspecified atom stereocenters. The van der Waals surface area contributed by atoms with Crippen LogP contribution in [0.2, 0.25) is 10.0 Å². The monoisotopic (exact) mass is 485 g/mol. The molecule has 3 rings (SSSR count). The number of aryl methyl sites for hydroxylation is 1. The fraction of sp³-hybridized carbons (Fsp3) is 0.350. The molecule has 1 aliphatic heterocycles. The summed E-state index contributed by atoms with van der Waals surface area (Å²) < 4.78 is 32.1. The lowest BCUT2D eigenvalue weighted by Crippen LogP contribution is -2.50. The van der Waals surface area contributed by atoms with Crippen molar-refractivity contribution < 1.29 is 22.7 Å². The summed E-state index contributed by atoms with van der Waals surface area (Å²) in [4.78, 5) is 30.4. The minimum atomic E-state index is -3.84. The summed E-state index contributed by atoms with van der Waals surface area (Å²) >= 11 is 12.0. The Hall–Kier alpha value is -2.20. The van der Waals surface area contributed by atoms with Gasteiger partial charge < -0.3 is 9.64 Å². The van der Waals surface area contributed by atoms with E-state index in [1.165, 1.54) is 39.5 Å². The number of hydrogen-bond donors (Lipinski definition) is 0. The van der Waals surface area contributed by atoms with Crippen molar-refractivity contribution in [3.05, 3.63) is 57.3 Å². The summed E-state index contributed by atoms with van der Waals surface area (Å²) in [5.74, 6) is -0.832. The molecular formula is C20H21Cl2N3O5S. The van der Waals surface area contributed by atoms with E-state index in [0.717, 1.165) is 0 Å². The highest BCUT2D eigenvalue weighted by molar-refractivity contribution is 7.89. The molecule has 0 saturated carbocycles. The smallest absolute Gasteiger partial charge is 0.339 e. The highest BCUT2D eigenvalue weighted by Crippen LogP contribution is 2.28. The molecular weight excluding hydrogens is 465 g/mol. The van der Waals surface area contributed by atoms with Gasteiger partial charge >= 0.3 is 5.97 Å². The normalized spacial score (nSPS) is 15.0. The average molecular weight is 486 g/mol. The molecule has 1 aromatic heterocycles. The number of carbonyl (C=O) groups is 2. The van der Waals surface area contributed by atoms with E-state index in [0.29, 0.717) is 11.3 Å². The van der Waals surface area contributed by atoms with E-state index in [-0.39, 0.29) is 59.3 Å². The zero-order chi connectivity index (χ0) is 22.8. The summed E-state index contributed by atoms with van der Waals surface area (Å²) in [7, 11) is -3.84. The lowest BCUT2D eigenvalue weighted by molar-refractivity contribution is 0.0523. The van der Waals surface area contributed by atoms with Crippen molar-refractivity contribution in [2.45, 2.75) is 18.7 Å². The van der Waals surface area contributed by atoms with Crippen molar-refractivity contribution in [3.63, 3.8) is 0 Å². The third-order valence-corrected chi connectivity index (χ3v) is 7.45. The predicted octanol–water partition coefficient (Wildman–Crippen LogP) is 3.02. The van der Waals surface area contributed by atoms with Gasteiger partial charge in [-0.1, -0.05) is 23.2 Å². The number of nitrogens with zero attached hydrogens (tertiary/aromatic N) is 3. The molecule has 31 heavy (non-hydrogen) atoms. The number of esters is 1. The van der Waals surface area contributed by atoms with Gasteiger partial charge in [0.15, 0.2) is 0 Å². The maximum atomic E-state index is 12.9. The molecule has 2 heterocycles. The maximum absolute atomic E-state index is 12.9. The molecule has 0 atom stereocenters. The summed E-state index contributed by atoms with van der Waals surface area (Å²) in [6.45, 7) is 4.17. The molecule has 0 aliphatic carbocycles. The van der Waals surface area contributed by atoms with Crippen molar-refractivity contribution in [2.75, 3.05) is 32.8 Å². The Balaban J connectivity index is 1.71. The van der Waals surface area contributed by atoms with Crippen LogP contribution in [0.1, 0.15) is 33.5 Å². The van der Waals surface area contributed by atoms with Crippen LogP contribution in [-0.4, -0.2) is 67.3 Å². The van der Waals surface area contributed by atoms with Crippen LogP contribution in [-0.2, 0) is 14.8 Å². The van der Waals surface area contributed by atoms with Crippen LogP contribution in [0, 0.1) is 6.92 Å². The Morgan fingerprint density at radius 1 is 1.10 bits per heavy atom. The van der Waals surface area contributed by atoms with Gasteiger partial charge in [0, 0.05) is 31.2 Å². The molecule has 0 radical (unpaired) electrons. The number of ether oxygens (including phenoxy) is 1. The largest absolute Gasteiger partial charge is 0.462 e. The van der Waals surface area contributed by atoms with Crippen LogP contribution in [0.3, 0.4) is 0 Å². The Bertz CT molecular complexity index is 1120. The molecule has 1 aliphatic rings. The third-order valence-electron chi connectivity index (χ3n) is 4.84. The molecule has 1 saturated heterocycles. The molecule has 0 N–H and O–H groups in total. The third kappa shape index (κ3) is 5.01. The second-order valence-electron chi connectivity index (χ2n) is 6.82. The van der Waals surface area contributed by atoms with Crippen molar-refractivity contribution in [1.29, 1.82) is 0 Å². The number of rotatable bonds is 5. The number of aromatic nitrogens is 1. The predicted molar refractivity (Wildman–Crippen MR) is 116 cm³/mol. The summed E-state index contributed by atoms with van der Waals surface area (Å²) in [5, 5.41) is 0.355. The molecule has 1 aromatic carbocycles. The lowest BCUT2D eigenvalue weighted by Gasteiger charge is -2.34.